The van der Waals surface area contributed by atoms with Gasteiger partial charge in [0.2, 0.25) is 11.8 Å². The predicted molar refractivity (Wildman–Crippen MR) is 160 cm³/mol. The van der Waals surface area contributed by atoms with Crippen LogP contribution in [0.4, 0.5) is 5.69 Å². The molecule has 9 nitrogen and oxygen atoms in total. The molecule has 0 radical (unpaired) electrons. The van der Waals surface area contributed by atoms with Crippen molar-refractivity contribution in [1.82, 2.24) is 10.2 Å². The Morgan fingerprint density at radius 1 is 0.927 bits per heavy atom. The SMILES string of the molecule is CC[C@H](C)NC(=O)[C@H](C)N(Cc1cccc(Cl)c1)C(=O)CN(c1ccc(OC)c(OC)c1)S(=O)(=O)c1ccccc1. The molecule has 41 heavy (non-hydrogen) atoms. The zero-order valence-electron chi connectivity index (χ0n) is 23.8. The Bertz CT molecular complexity index is 1450. The van der Waals surface area contributed by atoms with Gasteiger partial charge in [0.15, 0.2) is 11.5 Å². The van der Waals surface area contributed by atoms with E-state index in [4.69, 9.17) is 21.1 Å². The van der Waals surface area contributed by atoms with E-state index in [9.17, 15) is 18.0 Å². The number of carbonyl (C=O) groups is 2. The van der Waals surface area contributed by atoms with Gasteiger partial charge in [0.25, 0.3) is 10.0 Å². The van der Waals surface area contributed by atoms with Gasteiger partial charge < -0.3 is 19.7 Å². The van der Waals surface area contributed by atoms with E-state index in [2.05, 4.69) is 5.32 Å². The third-order valence-corrected chi connectivity index (χ3v) is 8.70. The van der Waals surface area contributed by atoms with Gasteiger partial charge in [-0.15, -0.1) is 0 Å². The van der Waals surface area contributed by atoms with Crippen LogP contribution in [0.2, 0.25) is 5.02 Å². The molecule has 0 aliphatic carbocycles. The maximum atomic E-state index is 14.0. The average molecular weight is 602 g/mol. The zero-order chi connectivity index (χ0) is 30.2. The van der Waals surface area contributed by atoms with Gasteiger partial charge >= 0.3 is 0 Å². The van der Waals surface area contributed by atoms with Gasteiger partial charge in [-0.2, -0.15) is 0 Å². The molecule has 3 aromatic rings. The maximum absolute atomic E-state index is 14.0. The first-order valence-corrected chi connectivity index (χ1v) is 15.0. The Hall–Kier alpha value is -3.76. The Labute approximate surface area is 247 Å². The van der Waals surface area contributed by atoms with Crippen LogP contribution in [-0.4, -0.2) is 58.0 Å². The number of nitrogens with zero attached hydrogens (tertiary/aromatic N) is 2. The standard InChI is InChI=1S/C30H36ClN3O6S/c1-6-21(2)32-30(36)22(3)33(19-23-11-10-12-24(31)17-23)29(35)20-34(41(37,38)26-13-8-7-9-14-26)25-15-16-27(39-4)28(18-25)40-5/h7-18,21-22H,6,19-20H2,1-5H3,(H,32,36)/t21-,22-/m0/s1. The van der Waals surface area contributed by atoms with Gasteiger partial charge in [0.1, 0.15) is 12.6 Å². The quantitative estimate of drug-likeness (QED) is 0.299. The van der Waals surface area contributed by atoms with Crippen molar-refractivity contribution in [2.75, 3.05) is 25.1 Å². The highest BCUT2D eigenvalue weighted by atomic mass is 35.5. The summed E-state index contributed by atoms with van der Waals surface area (Å²) in [6.45, 7) is 4.90. The Morgan fingerprint density at radius 3 is 2.22 bits per heavy atom. The Balaban J connectivity index is 2.07. The second-order valence-electron chi connectivity index (χ2n) is 9.51. The van der Waals surface area contributed by atoms with Crippen molar-refractivity contribution in [2.45, 2.75) is 50.7 Å². The van der Waals surface area contributed by atoms with Crippen LogP contribution in [0.25, 0.3) is 0 Å². The predicted octanol–water partition coefficient (Wildman–Crippen LogP) is 4.88. The van der Waals surface area contributed by atoms with Crippen LogP contribution >= 0.6 is 11.6 Å². The van der Waals surface area contributed by atoms with Gasteiger partial charge in [-0.25, -0.2) is 8.42 Å². The fraction of sp³-hybridized carbons (Fsp3) is 0.333. The van der Waals surface area contributed by atoms with Gasteiger partial charge in [-0.3, -0.25) is 13.9 Å². The summed E-state index contributed by atoms with van der Waals surface area (Å²) in [7, 11) is -1.30. The molecule has 0 spiro atoms. The molecule has 2 amide bonds. The molecule has 0 aliphatic heterocycles. The summed E-state index contributed by atoms with van der Waals surface area (Å²) in [6.07, 6.45) is 0.711. The summed E-state index contributed by atoms with van der Waals surface area (Å²) in [5, 5.41) is 3.39. The van der Waals surface area contributed by atoms with Crippen molar-refractivity contribution in [3.63, 3.8) is 0 Å². The topological polar surface area (TPSA) is 105 Å². The van der Waals surface area contributed by atoms with Gasteiger partial charge in [0.05, 0.1) is 24.8 Å². The number of ether oxygens (including phenoxy) is 2. The van der Waals surface area contributed by atoms with Crippen molar-refractivity contribution in [1.29, 1.82) is 0 Å². The third kappa shape index (κ3) is 7.92. The number of benzene rings is 3. The molecule has 3 aromatic carbocycles. The van der Waals surface area contributed by atoms with Crippen LogP contribution in [0.1, 0.15) is 32.8 Å². The minimum Gasteiger partial charge on any atom is -0.493 e. The maximum Gasteiger partial charge on any atom is 0.264 e. The highest BCUT2D eigenvalue weighted by Gasteiger charge is 2.33. The van der Waals surface area contributed by atoms with E-state index in [1.54, 1.807) is 55.5 Å². The first-order chi connectivity index (χ1) is 19.5. The number of hydrogen-bond donors (Lipinski definition) is 1. The molecule has 0 unspecified atom stereocenters. The summed E-state index contributed by atoms with van der Waals surface area (Å²) < 4.78 is 39.6. The third-order valence-electron chi connectivity index (χ3n) is 6.68. The molecule has 0 saturated heterocycles. The van der Waals surface area contributed by atoms with Gasteiger partial charge in [-0.1, -0.05) is 48.9 Å². The van der Waals surface area contributed by atoms with E-state index in [1.807, 2.05) is 13.8 Å². The molecule has 220 valence electrons. The fourth-order valence-electron chi connectivity index (χ4n) is 4.11. The monoisotopic (exact) mass is 601 g/mol. The molecule has 2 atom stereocenters. The van der Waals surface area contributed by atoms with Crippen LogP contribution in [0.15, 0.2) is 77.7 Å². The number of halogens is 1. The van der Waals surface area contributed by atoms with E-state index in [0.717, 1.165) is 4.31 Å². The highest BCUT2D eigenvalue weighted by Crippen LogP contribution is 2.34. The summed E-state index contributed by atoms with van der Waals surface area (Å²) in [4.78, 5) is 28.5. The minimum atomic E-state index is -4.21. The van der Waals surface area contributed by atoms with Gasteiger partial charge in [-0.05, 0) is 62.2 Å². The van der Waals surface area contributed by atoms with Crippen LogP contribution in [0.3, 0.4) is 0 Å². The molecule has 0 heterocycles. The van der Waals surface area contributed by atoms with Crippen molar-refractivity contribution >= 4 is 39.1 Å². The smallest absolute Gasteiger partial charge is 0.264 e. The van der Waals surface area contributed by atoms with E-state index in [0.29, 0.717) is 28.5 Å². The second kappa shape index (κ2) is 14.2. The molecule has 1 N–H and O–H groups in total. The van der Waals surface area contributed by atoms with E-state index in [1.165, 1.54) is 43.4 Å². The lowest BCUT2D eigenvalue weighted by Gasteiger charge is -2.32. The van der Waals surface area contributed by atoms with E-state index < -0.39 is 28.5 Å². The lowest BCUT2D eigenvalue weighted by molar-refractivity contribution is -0.139. The van der Waals surface area contributed by atoms with E-state index >= 15 is 0 Å². The summed E-state index contributed by atoms with van der Waals surface area (Å²) >= 11 is 6.19. The minimum absolute atomic E-state index is 0.00605. The largest absolute Gasteiger partial charge is 0.493 e. The highest BCUT2D eigenvalue weighted by molar-refractivity contribution is 7.92. The molecular weight excluding hydrogens is 566 g/mol. The van der Waals surface area contributed by atoms with Crippen molar-refractivity contribution in [3.05, 3.63) is 83.4 Å². The molecule has 0 fully saturated rings. The molecular formula is C30H36ClN3O6S. The second-order valence-corrected chi connectivity index (χ2v) is 11.8. The Kier molecular flexibility index (Phi) is 11.0. The first kappa shape index (κ1) is 31.8. The summed E-state index contributed by atoms with van der Waals surface area (Å²) in [5.41, 5.74) is 0.886. The molecule has 0 bridgehead atoms. The fourth-order valence-corrected chi connectivity index (χ4v) is 5.75. The molecule has 3 rings (SSSR count). The number of carbonyl (C=O) groups excluding carboxylic acids is 2. The molecule has 11 heteroatoms. The number of nitrogens with one attached hydrogen (secondary N) is 1. The lowest BCUT2D eigenvalue weighted by Crippen LogP contribution is -2.52. The number of hydrogen-bond acceptors (Lipinski definition) is 6. The summed E-state index contributed by atoms with van der Waals surface area (Å²) in [5.74, 6) is -0.232. The van der Waals surface area contributed by atoms with Gasteiger partial charge in [0, 0.05) is 23.7 Å². The van der Waals surface area contributed by atoms with Crippen molar-refractivity contribution in [2.24, 2.45) is 0 Å². The van der Waals surface area contributed by atoms with Crippen molar-refractivity contribution in [3.8, 4) is 11.5 Å². The average Bonchev–Trinajstić information content (AvgIpc) is 2.98. The lowest BCUT2D eigenvalue weighted by atomic mass is 10.1. The Morgan fingerprint density at radius 2 is 1.61 bits per heavy atom. The van der Waals surface area contributed by atoms with Crippen LogP contribution in [0, 0.1) is 0 Å². The molecule has 0 saturated carbocycles. The number of methoxy groups -OCH3 is 2. The van der Waals surface area contributed by atoms with Crippen LogP contribution in [-0.2, 0) is 26.2 Å². The number of anilines is 1. The number of amides is 2. The number of sulfonamides is 1. The number of rotatable bonds is 13. The summed E-state index contributed by atoms with van der Waals surface area (Å²) in [6, 6.07) is 18.4. The van der Waals surface area contributed by atoms with Crippen molar-refractivity contribution < 1.29 is 27.5 Å². The molecule has 0 aromatic heterocycles. The zero-order valence-corrected chi connectivity index (χ0v) is 25.4. The van der Waals surface area contributed by atoms with Crippen LogP contribution < -0.4 is 19.1 Å². The first-order valence-electron chi connectivity index (χ1n) is 13.2. The van der Waals surface area contributed by atoms with E-state index in [-0.39, 0.29) is 29.1 Å². The van der Waals surface area contributed by atoms with Crippen LogP contribution in [0.5, 0.6) is 11.5 Å². The normalized spacial score (nSPS) is 12.6. The molecule has 0 aliphatic rings.